The van der Waals surface area contributed by atoms with E-state index in [-0.39, 0.29) is 18.4 Å². The molecular formula is C17H26N2O2. The van der Waals surface area contributed by atoms with E-state index in [1.807, 2.05) is 49.9 Å². The molecule has 1 aromatic carbocycles. The Balaban J connectivity index is 2.45. The molecule has 1 N–H and O–H groups in total. The SMILES string of the molecule is CCCN(CCC)C(=O)CNC(=O)Cc1ccccc1C. The van der Waals surface area contributed by atoms with E-state index < -0.39 is 0 Å². The number of rotatable bonds is 8. The maximum atomic E-state index is 12.1. The Morgan fingerprint density at radius 3 is 2.29 bits per heavy atom. The number of carbonyl (C=O) groups excluding carboxylic acids is 2. The van der Waals surface area contributed by atoms with Crippen LogP contribution >= 0.6 is 0 Å². The average Bonchev–Trinajstić information content (AvgIpc) is 2.47. The fourth-order valence-electron chi connectivity index (χ4n) is 2.23. The molecule has 0 heterocycles. The van der Waals surface area contributed by atoms with Crippen LogP contribution in [0.25, 0.3) is 0 Å². The molecule has 116 valence electrons. The van der Waals surface area contributed by atoms with Gasteiger partial charge in [-0.15, -0.1) is 0 Å². The molecule has 0 unspecified atom stereocenters. The van der Waals surface area contributed by atoms with Crippen molar-refractivity contribution < 1.29 is 9.59 Å². The molecule has 0 atom stereocenters. The summed E-state index contributed by atoms with van der Waals surface area (Å²) >= 11 is 0. The van der Waals surface area contributed by atoms with Gasteiger partial charge in [0.2, 0.25) is 11.8 Å². The summed E-state index contributed by atoms with van der Waals surface area (Å²) < 4.78 is 0. The zero-order valence-electron chi connectivity index (χ0n) is 13.3. The summed E-state index contributed by atoms with van der Waals surface area (Å²) in [4.78, 5) is 25.8. The highest BCUT2D eigenvalue weighted by atomic mass is 16.2. The molecule has 0 radical (unpaired) electrons. The van der Waals surface area contributed by atoms with E-state index in [9.17, 15) is 9.59 Å². The third-order valence-electron chi connectivity index (χ3n) is 3.39. The Bertz CT molecular complexity index is 466. The van der Waals surface area contributed by atoms with E-state index in [1.54, 1.807) is 0 Å². The van der Waals surface area contributed by atoms with Gasteiger partial charge in [-0.05, 0) is 30.9 Å². The zero-order valence-corrected chi connectivity index (χ0v) is 13.3. The van der Waals surface area contributed by atoms with Gasteiger partial charge in [-0.2, -0.15) is 0 Å². The van der Waals surface area contributed by atoms with Crippen molar-refractivity contribution in [1.29, 1.82) is 0 Å². The summed E-state index contributed by atoms with van der Waals surface area (Å²) in [6.45, 7) is 7.67. The highest BCUT2D eigenvalue weighted by molar-refractivity contribution is 5.85. The predicted molar refractivity (Wildman–Crippen MR) is 85.1 cm³/mol. The lowest BCUT2D eigenvalue weighted by Gasteiger charge is -2.21. The highest BCUT2D eigenvalue weighted by Crippen LogP contribution is 2.07. The standard InChI is InChI=1S/C17H26N2O2/c1-4-10-19(11-5-2)17(21)13-18-16(20)12-15-9-7-6-8-14(15)3/h6-9H,4-5,10-13H2,1-3H3,(H,18,20). The molecule has 0 saturated carbocycles. The molecular weight excluding hydrogens is 264 g/mol. The molecule has 2 amide bonds. The van der Waals surface area contributed by atoms with Crippen LogP contribution in [0.15, 0.2) is 24.3 Å². The molecule has 0 aliphatic rings. The molecule has 4 nitrogen and oxygen atoms in total. The Morgan fingerprint density at radius 2 is 1.71 bits per heavy atom. The van der Waals surface area contributed by atoms with Gasteiger partial charge in [0.25, 0.3) is 0 Å². The van der Waals surface area contributed by atoms with Crippen LogP contribution in [0.1, 0.15) is 37.8 Å². The van der Waals surface area contributed by atoms with Crippen molar-refractivity contribution in [3.63, 3.8) is 0 Å². The minimum absolute atomic E-state index is 0.00293. The number of hydrogen-bond donors (Lipinski definition) is 1. The minimum Gasteiger partial charge on any atom is -0.347 e. The third kappa shape index (κ3) is 5.98. The molecule has 0 fully saturated rings. The van der Waals surface area contributed by atoms with Crippen molar-refractivity contribution in [2.45, 2.75) is 40.0 Å². The summed E-state index contributed by atoms with van der Waals surface area (Å²) in [5.74, 6) is -0.109. The molecule has 0 saturated heterocycles. The zero-order chi connectivity index (χ0) is 15.7. The van der Waals surface area contributed by atoms with E-state index in [0.29, 0.717) is 6.42 Å². The second-order valence-electron chi connectivity index (χ2n) is 5.26. The van der Waals surface area contributed by atoms with Gasteiger partial charge in [0.15, 0.2) is 0 Å². The van der Waals surface area contributed by atoms with Gasteiger partial charge in [0.1, 0.15) is 0 Å². The van der Waals surface area contributed by atoms with Gasteiger partial charge in [-0.1, -0.05) is 38.1 Å². The molecule has 0 aromatic heterocycles. The van der Waals surface area contributed by atoms with Crippen molar-refractivity contribution in [3.8, 4) is 0 Å². The lowest BCUT2D eigenvalue weighted by Crippen LogP contribution is -2.41. The summed E-state index contributed by atoms with van der Waals surface area (Å²) in [7, 11) is 0. The minimum atomic E-state index is -0.106. The summed E-state index contributed by atoms with van der Waals surface area (Å²) in [6, 6.07) is 7.80. The Labute approximate surface area is 127 Å². The van der Waals surface area contributed by atoms with Gasteiger partial charge in [0, 0.05) is 13.1 Å². The molecule has 4 heteroatoms. The van der Waals surface area contributed by atoms with Crippen molar-refractivity contribution in [2.24, 2.45) is 0 Å². The Kier molecular flexibility index (Phi) is 7.51. The summed E-state index contributed by atoms with van der Waals surface area (Å²) in [6.07, 6.45) is 2.19. The van der Waals surface area contributed by atoms with E-state index in [2.05, 4.69) is 5.32 Å². The highest BCUT2D eigenvalue weighted by Gasteiger charge is 2.13. The molecule has 0 aliphatic carbocycles. The number of carbonyl (C=O) groups is 2. The quantitative estimate of drug-likeness (QED) is 0.798. The molecule has 0 spiro atoms. The van der Waals surface area contributed by atoms with Crippen LogP contribution in [0.2, 0.25) is 0 Å². The molecule has 1 aromatic rings. The molecule has 21 heavy (non-hydrogen) atoms. The maximum absolute atomic E-state index is 12.1. The van der Waals surface area contributed by atoms with Crippen LogP contribution in [0, 0.1) is 6.92 Å². The predicted octanol–water partition coefficient (Wildman–Crippen LogP) is 2.30. The first kappa shape index (κ1) is 17.2. The van der Waals surface area contributed by atoms with Crippen LogP contribution in [0.4, 0.5) is 0 Å². The van der Waals surface area contributed by atoms with Gasteiger partial charge < -0.3 is 10.2 Å². The number of benzene rings is 1. The van der Waals surface area contributed by atoms with E-state index in [0.717, 1.165) is 37.1 Å². The van der Waals surface area contributed by atoms with Gasteiger partial charge >= 0.3 is 0 Å². The first-order chi connectivity index (χ1) is 10.1. The van der Waals surface area contributed by atoms with Crippen LogP contribution in [0.3, 0.4) is 0 Å². The van der Waals surface area contributed by atoms with Crippen molar-refractivity contribution in [2.75, 3.05) is 19.6 Å². The van der Waals surface area contributed by atoms with Crippen LogP contribution in [-0.2, 0) is 16.0 Å². The van der Waals surface area contributed by atoms with E-state index in [4.69, 9.17) is 0 Å². The number of aryl methyl sites for hydroxylation is 1. The lowest BCUT2D eigenvalue weighted by atomic mass is 10.1. The molecule has 1 rings (SSSR count). The van der Waals surface area contributed by atoms with E-state index in [1.165, 1.54) is 0 Å². The number of amides is 2. The summed E-state index contributed by atoms with van der Waals surface area (Å²) in [5.41, 5.74) is 2.10. The van der Waals surface area contributed by atoms with Crippen molar-refractivity contribution >= 4 is 11.8 Å². The smallest absolute Gasteiger partial charge is 0.241 e. The van der Waals surface area contributed by atoms with Gasteiger partial charge in [-0.25, -0.2) is 0 Å². The van der Waals surface area contributed by atoms with Crippen molar-refractivity contribution in [3.05, 3.63) is 35.4 Å². The first-order valence-electron chi connectivity index (χ1n) is 7.67. The van der Waals surface area contributed by atoms with Gasteiger partial charge in [0.05, 0.1) is 13.0 Å². The number of hydrogen-bond acceptors (Lipinski definition) is 2. The lowest BCUT2D eigenvalue weighted by molar-refractivity contribution is -0.132. The van der Waals surface area contributed by atoms with Crippen LogP contribution in [0.5, 0.6) is 0 Å². The van der Waals surface area contributed by atoms with Crippen LogP contribution in [-0.4, -0.2) is 36.3 Å². The number of nitrogens with one attached hydrogen (secondary N) is 1. The Morgan fingerprint density at radius 1 is 1.10 bits per heavy atom. The summed E-state index contributed by atoms with van der Waals surface area (Å²) in [5, 5.41) is 2.73. The first-order valence-corrected chi connectivity index (χ1v) is 7.67. The topological polar surface area (TPSA) is 49.4 Å². The number of nitrogens with zero attached hydrogens (tertiary/aromatic N) is 1. The average molecular weight is 290 g/mol. The normalized spacial score (nSPS) is 10.2. The van der Waals surface area contributed by atoms with Crippen molar-refractivity contribution in [1.82, 2.24) is 10.2 Å². The second kappa shape index (κ2) is 9.16. The monoisotopic (exact) mass is 290 g/mol. The largest absolute Gasteiger partial charge is 0.347 e. The third-order valence-corrected chi connectivity index (χ3v) is 3.39. The van der Waals surface area contributed by atoms with Crippen LogP contribution < -0.4 is 5.32 Å². The fraction of sp³-hybridized carbons (Fsp3) is 0.529. The fourth-order valence-corrected chi connectivity index (χ4v) is 2.23. The Hall–Kier alpha value is -1.84. The molecule has 0 aliphatic heterocycles. The molecule has 0 bridgehead atoms. The van der Waals surface area contributed by atoms with E-state index >= 15 is 0 Å². The second-order valence-corrected chi connectivity index (χ2v) is 5.26. The maximum Gasteiger partial charge on any atom is 0.241 e. The van der Waals surface area contributed by atoms with Gasteiger partial charge in [-0.3, -0.25) is 9.59 Å².